The minimum Gasteiger partial charge on any atom is -0.493 e. The lowest BCUT2D eigenvalue weighted by Gasteiger charge is -2.28. The third-order valence-corrected chi connectivity index (χ3v) is 8.09. The number of carboxylic acid groups (broad SMARTS) is 1. The second-order valence-corrected chi connectivity index (χ2v) is 10.4. The normalized spacial score (nSPS) is 21.6. The monoisotopic (exact) mass is 501 g/mol. The minimum atomic E-state index is -0.867. The zero-order valence-electron chi connectivity index (χ0n) is 20.7. The zero-order valence-corrected chi connectivity index (χ0v) is 20.7. The van der Waals surface area contributed by atoms with Gasteiger partial charge in [0.2, 0.25) is 5.91 Å². The van der Waals surface area contributed by atoms with Gasteiger partial charge in [0, 0.05) is 41.1 Å². The van der Waals surface area contributed by atoms with Crippen molar-refractivity contribution in [3.05, 3.63) is 58.7 Å². The molecule has 3 aliphatic rings. The number of carboxylic acids is 1. The number of nitrogens with zero attached hydrogens (tertiary/aromatic N) is 1. The molecule has 0 saturated heterocycles. The molecule has 2 saturated carbocycles. The van der Waals surface area contributed by atoms with Gasteiger partial charge >= 0.3 is 5.97 Å². The van der Waals surface area contributed by atoms with E-state index in [0.29, 0.717) is 61.6 Å². The number of amides is 2. The van der Waals surface area contributed by atoms with Crippen LogP contribution in [0.2, 0.25) is 0 Å². The van der Waals surface area contributed by atoms with E-state index in [2.05, 4.69) is 16.7 Å². The summed E-state index contributed by atoms with van der Waals surface area (Å²) in [5.41, 5.74) is 2.89. The molecule has 5 rings (SSSR count). The number of hydrogen-bond donors (Lipinski definition) is 3. The van der Waals surface area contributed by atoms with Crippen molar-refractivity contribution in [1.82, 2.24) is 5.32 Å². The summed E-state index contributed by atoms with van der Waals surface area (Å²) in [6.45, 7) is 1.20. The van der Waals surface area contributed by atoms with Crippen LogP contribution in [0.4, 0.5) is 5.69 Å². The van der Waals surface area contributed by atoms with E-state index in [0.717, 1.165) is 29.7 Å². The van der Waals surface area contributed by atoms with Gasteiger partial charge in [0.05, 0.1) is 18.2 Å². The van der Waals surface area contributed by atoms with Crippen LogP contribution in [0.3, 0.4) is 0 Å². The molecule has 1 spiro atoms. The molecule has 0 aromatic heterocycles. The van der Waals surface area contributed by atoms with Crippen molar-refractivity contribution in [1.29, 1.82) is 5.26 Å². The molecule has 2 atom stereocenters. The first-order chi connectivity index (χ1) is 17.9. The molecular formula is C29H31N3O5. The smallest absolute Gasteiger partial charge is 0.303 e. The van der Waals surface area contributed by atoms with Crippen LogP contribution in [-0.2, 0) is 21.4 Å². The number of hydrogen-bond acceptors (Lipinski definition) is 5. The fourth-order valence-electron chi connectivity index (χ4n) is 5.55. The molecule has 2 aromatic carbocycles. The van der Waals surface area contributed by atoms with Gasteiger partial charge < -0.3 is 20.5 Å². The molecule has 2 fully saturated rings. The Balaban J connectivity index is 1.31. The average Bonchev–Trinajstić information content (AvgIpc) is 3.58. The van der Waals surface area contributed by atoms with Gasteiger partial charge in [0.15, 0.2) is 0 Å². The molecule has 1 aliphatic heterocycles. The number of anilines is 1. The van der Waals surface area contributed by atoms with E-state index in [1.54, 1.807) is 24.3 Å². The van der Waals surface area contributed by atoms with Gasteiger partial charge in [-0.25, -0.2) is 0 Å². The summed E-state index contributed by atoms with van der Waals surface area (Å²) in [7, 11) is 0. The van der Waals surface area contributed by atoms with Gasteiger partial charge in [-0.3, -0.25) is 14.4 Å². The molecule has 3 N–H and O–H groups in total. The molecule has 0 radical (unpaired) electrons. The first-order valence-electron chi connectivity index (χ1n) is 13.0. The van der Waals surface area contributed by atoms with E-state index in [4.69, 9.17) is 9.84 Å². The van der Waals surface area contributed by atoms with Gasteiger partial charge in [-0.2, -0.15) is 5.26 Å². The van der Waals surface area contributed by atoms with E-state index in [1.165, 1.54) is 6.42 Å². The van der Waals surface area contributed by atoms with Crippen molar-refractivity contribution in [3.8, 4) is 11.8 Å². The summed E-state index contributed by atoms with van der Waals surface area (Å²) in [5, 5.41) is 24.4. The number of aliphatic carboxylic acids is 1. The Labute approximate surface area is 216 Å². The van der Waals surface area contributed by atoms with Crippen molar-refractivity contribution < 1.29 is 24.2 Å². The van der Waals surface area contributed by atoms with Crippen LogP contribution in [-0.4, -0.2) is 36.0 Å². The maximum Gasteiger partial charge on any atom is 0.303 e. The number of carbonyl (C=O) groups is 3. The lowest BCUT2D eigenvalue weighted by molar-refractivity contribution is -0.137. The van der Waals surface area contributed by atoms with Crippen molar-refractivity contribution in [2.75, 3.05) is 18.5 Å². The van der Waals surface area contributed by atoms with Crippen LogP contribution in [0, 0.1) is 23.2 Å². The number of nitriles is 1. The van der Waals surface area contributed by atoms with Crippen LogP contribution in [0.5, 0.6) is 5.75 Å². The fraction of sp³-hybridized carbons (Fsp3) is 0.448. The Hall–Kier alpha value is -3.86. The molecule has 2 aromatic rings. The minimum absolute atomic E-state index is 0.0342. The number of benzene rings is 2. The van der Waals surface area contributed by atoms with E-state index < -0.39 is 5.97 Å². The van der Waals surface area contributed by atoms with Gasteiger partial charge in [0.1, 0.15) is 5.75 Å². The van der Waals surface area contributed by atoms with Crippen LogP contribution < -0.4 is 15.4 Å². The molecule has 1 heterocycles. The predicted octanol–water partition coefficient (Wildman–Crippen LogP) is 4.17. The highest BCUT2D eigenvalue weighted by Crippen LogP contribution is 2.61. The van der Waals surface area contributed by atoms with Gasteiger partial charge in [0.25, 0.3) is 5.91 Å². The third-order valence-electron chi connectivity index (χ3n) is 8.09. The topological polar surface area (TPSA) is 129 Å². The van der Waals surface area contributed by atoms with Crippen molar-refractivity contribution >= 4 is 23.5 Å². The SMILES string of the molecule is N#Cc1ccc(CCCC(=O)O)c(NC(=O)[C@@H]2C[C@]23CCOc2ccc(C(=O)NCC4CCC4)cc23)c1. The average molecular weight is 502 g/mol. The number of rotatable bonds is 9. The first kappa shape index (κ1) is 24.8. The number of carbonyl (C=O) groups excluding carboxylic acids is 2. The number of aryl methyl sites for hydroxylation is 1. The van der Waals surface area contributed by atoms with Crippen molar-refractivity contribution in [2.45, 2.75) is 56.8 Å². The second kappa shape index (κ2) is 10.3. The Morgan fingerprint density at radius 3 is 2.73 bits per heavy atom. The summed E-state index contributed by atoms with van der Waals surface area (Å²) in [5.74, 6) is -0.0904. The molecule has 37 heavy (non-hydrogen) atoms. The largest absolute Gasteiger partial charge is 0.493 e. The van der Waals surface area contributed by atoms with E-state index >= 15 is 0 Å². The first-order valence-corrected chi connectivity index (χ1v) is 13.0. The highest BCUT2D eigenvalue weighted by Gasteiger charge is 2.61. The second-order valence-electron chi connectivity index (χ2n) is 10.4. The van der Waals surface area contributed by atoms with E-state index in [9.17, 15) is 19.6 Å². The molecular weight excluding hydrogens is 470 g/mol. The number of nitrogens with one attached hydrogen (secondary N) is 2. The summed E-state index contributed by atoms with van der Waals surface area (Å²) in [6.07, 6.45) is 5.87. The number of fused-ring (bicyclic) bond motifs is 2. The van der Waals surface area contributed by atoms with Gasteiger partial charge in [-0.15, -0.1) is 0 Å². The summed E-state index contributed by atoms with van der Waals surface area (Å²) in [6, 6.07) is 12.7. The zero-order chi connectivity index (χ0) is 26.0. The summed E-state index contributed by atoms with van der Waals surface area (Å²) < 4.78 is 5.87. The lowest BCUT2D eigenvalue weighted by Crippen LogP contribution is -2.32. The van der Waals surface area contributed by atoms with Crippen LogP contribution in [0.1, 0.15) is 72.0 Å². The van der Waals surface area contributed by atoms with Gasteiger partial charge in [-0.1, -0.05) is 12.5 Å². The van der Waals surface area contributed by atoms with E-state index in [1.807, 2.05) is 12.1 Å². The standard InChI is InChI=1S/C29H31N3O5/c30-16-19-7-8-20(5-2-6-26(33)34)24(13-19)32-28(36)23-15-29(23)11-12-37-25-10-9-21(14-22(25)29)27(35)31-17-18-3-1-4-18/h7-10,13-14,18,23H,1-6,11-12,15,17H2,(H,31,35)(H,32,36)(H,33,34)/t23-,29-/m0/s1. The molecule has 8 heteroatoms. The molecule has 2 amide bonds. The fourth-order valence-corrected chi connectivity index (χ4v) is 5.55. The van der Waals surface area contributed by atoms with Gasteiger partial charge in [-0.05, 0) is 80.3 Å². The van der Waals surface area contributed by atoms with Crippen molar-refractivity contribution in [3.63, 3.8) is 0 Å². The van der Waals surface area contributed by atoms with Crippen molar-refractivity contribution in [2.24, 2.45) is 11.8 Å². The molecule has 2 aliphatic carbocycles. The summed E-state index contributed by atoms with van der Waals surface area (Å²) >= 11 is 0. The highest BCUT2D eigenvalue weighted by atomic mass is 16.5. The quantitative estimate of drug-likeness (QED) is 0.473. The molecule has 8 nitrogen and oxygen atoms in total. The molecule has 0 unspecified atom stereocenters. The Morgan fingerprint density at radius 2 is 2.00 bits per heavy atom. The maximum atomic E-state index is 13.4. The Morgan fingerprint density at radius 1 is 1.16 bits per heavy atom. The lowest BCUT2D eigenvalue weighted by atomic mass is 9.85. The van der Waals surface area contributed by atoms with Crippen LogP contribution in [0.25, 0.3) is 0 Å². The molecule has 192 valence electrons. The van der Waals surface area contributed by atoms with Crippen LogP contribution in [0.15, 0.2) is 36.4 Å². The Bertz CT molecular complexity index is 1280. The maximum absolute atomic E-state index is 13.4. The molecule has 0 bridgehead atoms. The summed E-state index contributed by atoms with van der Waals surface area (Å²) in [4.78, 5) is 37.1. The predicted molar refractivity (Wildman–Crippen MR) is 136 cm³/mol. The van der Waals surface area contributed by atoms with E-state index in [-0.39, 0.29) is 29.6 Å². The Kier molecular flexibility index (Phi) is 6.88. The van der Waals surface area contributed by atoms with Crippen LogP contribution >= 0.6 is 0 Å². The highest BCUT2D eigenvalue weighted by molar-refractivity contribution is 5.98. The number of ether oxygens (including phenoxy) is 1. The third kappa shape index (κ3) is 5.17.